The number of hydrogen-bond donors (Lipinski definition) is 2. The van der Waals surface area contributed by atoms with E-state index in [1.807, 2.05) is 24.3 Å². The molecule has 0 fully saturated rings. The third kappa shape index (κ3) is 3.54. The van der Waals surface area contributed by atoms with Crippen LogP contribution in [0.15, 0.2) is 38.6 Å². The van der Waals surface area contributed by atoms with Crippen LogP contribution >= 0.6 is 55.4 Å². The van der Waals surface area contributed by atoms with Crippen LogP contribution in [0.4, 0.5) is 5.69 Å². The fraction of sp³-hybridized carbons (Fsp3) is 0.0833. The minimum absolute atomic E-state index is 0.395. The summed E-state index contributed by atoms with van der Waals surface area (Å²) in [5, 5.41) is 3.35. The molecule has 0 radical (unpaired) electrons. The van der Waals surface area contributed by atoms with Crippen molar-refractivity contribution in [1.29, 1.82) is 0 Å². The van der Waals surface area contributed by atoms with E-state index in [-0.39, 0.29) is 0 Å². The predicted molar refractivity (Wildman–Crippen MR) is 89.4 cm³/mol. The summed E-state index contributed by atoms with van der Waals surface area (Å²) in [5.41, 5.74) is 7.53. The lowest BCUT2D eigenvalue weighted by Crippen LogP contribution is -2.13. The largest absolute Gasteiger partial charge is 0.389 e. The second-order valence-electron chi connectivity index (χ2n) is 3.61. The Labute approximate surface area is 132 Å². The van der Waals surface area contributed by atoms with Gasteiger partial charge in [0.25, 0.3) is 0 Å². The van der Waals surface area contributed by atoms with Gasteiger partial charge in [-0.25, -0.2) is 0 Å². The molecule has 0 bridgehead atoms. The second-order valence-corrected chi connectivity index (χ2v) is 7.52. The fourth-order valence-electron chi connectivity index (χ4n) is 1.50. The molecule has 0 aliphatic rings. The Morgan fingerprint density at radius 2 is 2.06 bits per heavy atom. The van der Waals surface area contributed by atoms with Gasteiger partial charge in [0.05, 0.1) is 3.79 Å². The molecule has 2 rings (SSSR count). The van der Waals surface area contributed by atoms with Crippen molar-refractivity contribution in [3.8, 4) is 0 Å². The molecule has 0 spiro atoms. The van der Waals surface area contributed by atoms with E-state index in [0.717, 1.165) is 26.1 Å². The summed E-state index contributed by atoms with van der Waals surface area (Å²) in [6, 6.07) is 9.99. The minimum atomic E-state index is 0.395. The van der Waals surface area contributed by atoms with Crippen molar-refractivity contribution in [2.45, 2.75) is 6.54 Å². The van der Waals surface area contributed by atoms with Crippen molar-refractivity contribution in [3.63, 3.8) is 0 Å². The first-order valence-corrected chi connectivity index (χ1v) is 7.95. The molecular weight excluding hydrogens is 396 g/mol. The number of anilines is 1. The van der Waals surface area contributed by atoms with E-state index in [1.165, 1.54) is 4.88 Å². The van der Waals surface area contributed by atoms with Crippen molar-refractivity contribution in [1.82, 2.24) is 0 Å². The van der Waals surface area contributed by atoms with Gasteiger partial charge < -0.3 is 11.1 Å². The van der Waals surface area contributed by atoms with E-state index in [1.54, 1.807) is 11.3 Å². The maximum atomic E-state index is 5.72. The van der Waals surface area contributed by atoms with E-state index < -0.39 is 0 Å². The van der Waals surface area contributed by atoms with Crippen molar-refractivity contribution in [2.75, 3.05) is 5.32 Å². The first-order valence-electron chi connectivity index (χ1n) is 5.13. The normalized spacial score (nSPS) is 10.3. The number of benzene rings is 1. The Bertz CT molecular complexity index is 581. The molecule has 0 amide bonds. The van der Waals surface area contributed by atoms with Crippen molar-refractivity contribution in [3.05, 3.63) is 49.0 Å². The third-order valence-corrected chi connectivity index (χ3v) is 4.67. The first kappa shape index (κ1) is 14.0. The lowest BCUT2D eigenvalue weighted by atomic mass is 10.2. The van der Waals surface area contributed by atoms with E-state index in [9.17, 15) is 0 Å². The van der Waals surface area contributed by atoms with Gasteiger partial charge in [-0.3, -0.25) is 0 Å². The van der Waals surface area contributed by atoms with Crippen LogP contribution in [0, 0.1) is 0 Å². The highest BCUT2D eigenvalue weighted by Crippen LogP contribution is 2.25. The van der Waals surface area contributed by atoms with Crippen molar-refractivity contribution < 1.29 is 0 Å². The van der Waals surface area contributed by atoms with Gasteiger partial charge in [-0.05, 0) is 46.3 Å². The Hall–Kier alpha value is -0.430. The standard InChI is InChI=1S/C12H10Br2N2S2/c13-7-1-3-10(9(5-7)12(15)17)16-6-8-2-4-11(14)18-8/h1-5,16H,6H2,(H2,15,17). The summed E-state index contributed by atoms with van der Waals surface area (Å²) in [6.07, 6.45) is 0. The number of nitrogens with one attached hydrogen (secondary N) is 1. The maximum Gasteiger partial charge on any atom is 0.106 e. The van der Waals surface area contributed by atoms with Crippen LogP contribution in [0.1, 0.15) is 10.4 Å². The highest BCUT2D eigenvalue weighted by molar-refractivity contribution is 9.11. The molecule has 2 aromatic rings. The number of halogens is 2. The molecule has 0 saturated carbocycles. The molecule has 3 N–H and O–H groups in total. The predicted octanol–water partition coefficient (Wildman–Crippen LogP) is 4.52. The Morgan fingerprint density at radius 3 is 2.67 bits per heavy atom. The number of rotatable bonds is 4. The monoisotopic (exact) mass is 404 g/mol. The van der Waals surface area contributed by atoms with Crippen molar-refractivity contribution >= 4 is 66.1 Å². The van der Waals surface area contributed by atoms with Gasteiger partial charge in [0.2, 0.25) is 0 Å². The molecule has 0 saturated heterocycles. The molecular formula is C12H10Br2N2S2. The lowest BCUT2D eigenvalue weighted by Gasteiger charge is -2.10. The number of hydrogen-bond acceptors (Lipinski definition) is 3. The highest BCUT2D eigenvalue weighted by Gasteiger charge is 2.06. The molecule has 18 heavy (non-hydrogen) atoms. The average molecular weight is 406 g/mol. The summed E-state index contributed by atoms with van der Waals surface area (Å²) in [5.74, 6) is 0. The van der Waals surface area contributed by atoms with Crippen LogP contribution in [0.5, 0.6) is 0 Å². The van der Waals surface area contributed by atoms with Crippen LogP contribution < -0.4 is 11.1 Å². The summed E-state index contributed by atoms with van der Waals surface area (Å²) in [4.78, 5) is 1.64. The Balaban J connectivity index is 2.16. The van der Waals surface area contributed by atoms with Gasteiger partial charge in [-0.1, -0.05) is 28.1 Å². The summed E-state index contributed by atoms with van der Waals surface area (Å²) in [6.45, 7) is 0.757. The second kappa shape index (κ2) is 6.14. The summed E-state index contributed by atoms with van der Waals surface area (Å²) < 4.78 is 2.10. The molecule has 1 aromatic carbocycles. The van der Waals surface area contributed by atoms with Crippen LogP contribution in [0.2, 0.25) is 0 Å². The van der Waals surface area contributed by atoms with Crippen LogP contribution in [0.25, 0.3) is 0 Å². The third-order valence-electron chi connectivity index (χ3n) is 2.33. The molecule has 0 unspecified atom stereocenters. The molecule has 1 heterocycles. The number of thiocarbonyl (C=S) groups is 1. The lowest BCUT2D eigenvalue weighted by molar-refractivity contribution is 1.19. The van der Waals surface area contributed by atoms with Crippen LogP contribution in [0.3, 0.4) is 0 Å². The van der Waals surface area contributed by atoms with Crippen molar-refractivity contribution in [2.24, 2.45) is 5.73 Å². The topological polar surface area (TPSA) is 38.0 Å². The molecule has 6 heteroatoms. The molecule has 2 nitrogen and oxygen atoms in total. The van der Waals surface area contributed by atoms with E-state index in [4.69, 9.17) is 18.0 Å². The highest BCUT2D eigenvalue weighted by atomic mass is 79.9. The molecule has 94 valence electrons. The summed E-state index contributed by atoms with van der Waals surface area (Å²) >= 11 is 13.6. The minimum Gasteiger partial charge on any atom is -0.389 e. The summed E-state index contributed by atoms with van der Waals surface area (Å²) in [7, 11) is 0. The van der Waals surface area contributed by atoms with E-state index in [0.29, 0.717) is 4.99 Å². The van der Waals surface area contributed by atoms with E-state index >= 15 is 0 Å². The fourth-order valence-corrected chi connectivity index (χ4v) is 3.46. The van der Waals surface area contributed by atoms with Gasteiger partial charge in [0, 0.05) is 27.1 Å². The quantitative estimate of drug-likeness (QED) is 0.734. The molecule has 1 aromatic heterocycles. The number of nitrogens with two attached hydrogens (primary N) is 1. The zero-order chi connectivity index (χ0) is 13.1. The molecule has 0 aliphatic heterocycles. The Morgan fingerprint density at radius 1 is 1.28 bits per heavy atom. The van der Waals surface area contributed by atoms with Gasteiger partial charge in [0.1, 0.15) is 4.99 Å². The van der Waals surface area contributed by atoms with Crippen LogP contribution in [-0.4, -0.2) is 4.99 Å². The molecule has 0 aliphatic carbocycles. The molecule has 0 atom stereocenters. The van der Waals surface area contributed by atoms with E-state index in [2.05, 4.69) is 43.2 Å². The van der Waals surface area contributed by atoms with Gasteiger partial charge in [-0.15, -0.1) is 11.3 Å². The zero-order valence-electron chi connectivity index (χ0n) is 9.24. The van der Waals surface area contributed by atoms with Crippen LogP contribution in [-0.2, 0) is 6.54 Å². The Kier molecular flexibility index (Phi) is 4.77. The average Bonchev–Trinajstić information content (AvgIpc) is 2.73. The first-order chi connectivity index (χ1) is 8.56. The number of thiophene rings is 1. The SMILES string of the molecule is NC(=S)c1cc(Br)ccc1NCc1ccc(Br)s1. The van der Waals surface area contributed by atoms with Gasteiger partial charge >= 0.3 is 0 Å². The maximum absolute atomic E-state index is 5.72. The van der Waals surface area contributed by atoms with Gasteiger partial charge in [-0.2, -0.15) is 0 Å². The zero-order valence-corrected chi connectivity index (χ0v) is 14.0. The van der Waals surface area contributed by atoms with Gasteiger partial charge in [0.15, 0.2) is 0 Å². The smallest absolute Gasteiger partial charge is 0.106 e.